The number of rotatable bonds is 3. The van der Waals surface area contributed by atoms with Crippen LogP contribution in [-0.2, 0) is 0 Å². The Labute approximate surface area is 113 Å². The molecule has 1 unspecified atom stereocenters. The van der Waals surface area contributed by atoms with Gasteiger partial charge in [0, 0.05) is 11.7 Å². The van der Waals surface area contributed by atoms with Gasteiger partial charge in [-0.1, -0.05) is 32.1 Å². The van der Waals surface area contributed by atoms with Crippen LogP contribution in [0.2, 0.25) is 0 Å². The monoisotopic (exact) mass is 266 g/mol. The number of hydrogen-bond donors (Lipinski definition) is 2. The van der Waals surface area contributed by atoms with Crippen molar-refractivity contribution < 1.29 is 4.39 Å². The molecule has 3 N–H and O–H groups in total. The van der Waals surface area contributed by atoms with E-state index in [1.54, 1.807) is 6.07 Å². The molecule has 4 heteroatoms. The van der Waals surface area contributed by atoms with Crippen molar-refractivity contribution in [1.82, 2.24) is 0 Å². The van der Waals surface area contributed by atoms with Crippen LogP contribution in [0.15, 0.2) is 18.2 Å². The van der Waals surface area contributed by atoms with Crippen LogP contribution < -0.4 is 11.1 Å². The summed E-state index contributed by atoms with van der Waals surface area (Å²) in [5.74, 6) is -0.357. The zero-order valence-corrected chi connectivity index (χ0v) is 11.6. The van der Waals surface area contributed by atoms with Crippen LogP contribution in [0.5, 0.6) is 0 Å². The van der Waals surface area contributed by atoms with Crippen molar-refractivity contribution in [3.63, 3.8) is 0 Å². The molecule has 1 aromatic rings. The van der Waals surface area contributed by atoms with Crippen LogP contribution in [0.25, 0.3) is 0 Å². The quantitative estimate of drug-likeness (QED) is 0.823. The number of thiocarbonyl (C=S) groups is 1. The minimum atomic E-state index is -0.357. The first kappa shape index (κ1) is 13.3. The Bertz CT molecular complexity index is 471. The molecule has 1 aromatic carbocycles. The fraction of sp³-hybridized carbons (Fsp3) is 0.500. The molecule has 2 rings (SSSR count). The maximum Gasteiger partial charge on any atom is 0.135 e. The van der Waals surface area contributed by atoms with E-state index in [9.17, 15) is 4.39 Å². The van der Waals surface area contributed by atoms with Gasteiger partial charge in [-0.25, -0.2) is 4.39 Å². The molecular weight excluding hydrogens is 247 g/mol. The SMILES string of the molecule is CC1(C)CCC(Nc2cccc(F)c2C(N)=S)C1. The highest BCUT2D eigenvalue weighted by Crippen LogP contribution is 2.38. The molecule has 0 radical (unpaired) electrons. The van der Waals surface area contributed by atoms with Crippen LogP contribution in [-0.4, -0.2) is 11.0 Å². The average Bonchev–Trinajstić information content (AvgIpc) is 2.57. The molecule has 18 heavy (non-hydrogen) atoms. The van der Waals surface area contributed by atoms with E-state index in [1.165, 1.54) is 12.5 Å². The number of hydrogen-bond acceptors (Lipinski definition) is 2. The van der Waals surface area contributed by atoms with Crippen LogP contribution in [0, 0.1) is 11.2 Å². The number of nitrogens with two attached hydrogens (primary N) is 1. The third-order valence-corrected chi connectivity index (χ3v) is 3.79. The zero-order valence-electron chi connectivity index (χ0n) is 10.8. The van der Waals surface area contributed by atoms with Gasteiger partial charge in [-0.15, -0.1) is 0 Å². The Hall–Kier alpha value is -1.16. The second-order valence-electron chi connectivity index (χ2n) is 5.77. The third kappa shape index (κ3) is 2.80. The van der Waals surface area contributed by atoms with E-state index in [0.29, 0.717) is 22.7 Å². The first-order chi connectivity index (χ1) is 8.39. The predicted octanol–water partition coefficient (Wildman–Crippen LogP) is 3.45. The van der Waals surface area contributed by atoms with Crippen molar-refractivity contribution in [3.8, 4) is 0 Å². The highest BCUT2D eigenvalue weighted by Gasteiger charge is 2.31. The van der Waals surface area contributed by atoms with E-state index in [1.807, 2.05) is 6.07 Å². The second kappa shape index (κ2) is 4.84. The van der Waals surface area contributed by atoms with Crippen molar-refractivity contribution in [3.05, 3.63) is 29.6 Å². The van der Waals surface area contributed by atoms with Crippen molar-refractivity contribution in [1.29, 1.82) is 0 Å². The molecule has 0 aromatic heterocycles. The van der Waals surface area contributed by atoms with E-state index in [0.717, 1.165) is 12.8 Å². The number of halogens is 1. The molecule has 1 aliphatic rings. The summed E-state index contributed by atoms with van der Waals surface area (Å²) in [6.07, 6.45) is 3.36. The smallest absolute Gasteiger partial charge is 0.135 e. The van der Waals surface area contributed by atoms with E-state index in [-0.39, 0.29) is 10.8 Å². The summed E-state index contributed by atoms with van der Waals surface area (Å²) in [6.45, 7) is 4.52. The lowest BCUT2D eigenvalue weighted by molar-refractivity contribution is 0.378. The van der Waals surface area contributed by atoms with Gasteiger partial charge in [-0.05, 0) is 36.8 Å². The Morgan fingerprint density at radius 1 is 1.50 bits per heavy atom. The topological polar surface area (TPSA) is 38.0 Å². The van der Waals surface area contributed by atoms with Gasteiger partial charge in [0.15, 0.2) is 0 Å². The molecule has 0 saturated heterocycles. The largest absolute Gasteiger partial charge is 0.389 e. The minimum Gasteiger partial charge on any atom is -0.389 e. The molecule has 0 bridgehead atoms. The first-order valence-electron chi connectivity index (χ1n) is 6.24. The van der Waals surface area contributed by atoms with Gasteiger partial charge in [0.2, 0.25) is 0 Å². The summed E-state index contributed by atoms with van der Waals surface area (Å²) in [5.41, 5.74) is 6.99. The number of nitrogens with one attached hydrogen (secondary N) is 1. The lowest BCUT2D eigenvalue weighted by Gasteiger charge is -2.20. The summed E-state index contributed by atoms with van der Waals surface area (Å²) >= 11 is 4.92. The molecule has 0 amide bonds. The summed E-state index contributed by atoms with van der Waals surface area (Å²) < 4.78 is 13.7. The van der Waals surface area contributed by atoms with Gasteiger partial charge in [-0.3, -0.25) is 0 Å². The Kier molecular flexibility index (Phi) is 3.57. The van der Waals surface area contributed by atoms with Gasteiger partial charge in [0.1, 0.15) is 10.8 Å². The van der Waals surface area contributed by atoms with E-state index in [2.05, 4.69) is 19.2 Å². The lowest BCUT2D eigenvalue weighted by Crippen LogP contribution is -2.21. The molecule has 1 fully saturated rings. The lowest BCUT2D eigenvalue weighted by atomic mass is 9.92. The summed E-state index contributed by atoms with van der Waals surface area (Å²) in [6, 6.07) is 5.27. The standard InChI is InChI=1S/C14H19FN2S/c1-14(2)7-6-9(8-14)17-11-5-3-4-10(15)12(11)13(16)18/h3-5,9,17H,6-8H2,1-2H3,(H2,16,18). The fourth-order valence-electron chi connectivity index (χ4n) is 2.67. The highest BCUT2D eigenvalue weighted by atomic mass is 32.1. The van der Waals surface area contributed by atoms with Gasteiger partial charge >= 0.3 is 0 Å². The van der Waals surface area contributed by atoms with Crippen molar-refractivity contribution in [2.45, 2.75) is 39.2 Å². The van der Waals surface area contributed by atoms with Crippen LogP contribution in [0.1, 0.15) is 38.7 Å². The van der Waals surface area contributed by atoms with Gasteiger partial charge in [0.05, 0.1) is 5.56 Å². The average molecular weight is 266 g/mol. The number of benzene rings is 1. The van der Waals surface area contributed by atoms with Crippen molar-refractivity contribution in [2.75, 3.05) is 5.32 Å². The van der Waals surface area contributed by atoms with E-state index < -0.39 is 0 Å². The maximum absolute atomic E-state index is 13.7. The molecule has 98 valence electrons. The molecule has 0 aliphatic heterocycles. The van der Waals surface area contributed by atoms with Crippen molar-refractivity contribution >= 4 is 22.9 Å². The van der Waals surface area contributed by atoms with Crippen LogP contribution in [0.4, 0.5) is 10.1 Å². The van der Waals surface area contributed by atoms with Gasteiger partial charge in [0.25, 0.3) is 0 Å². The zero-order chi connectivity index (χ0) is 13.3. The van der Waals surface area contributed by atoms with E-state index >= 15 is 0 Å². The second-order valence-corrected chi connectivity index (χ2v) is 6.21. The van der Waals surface area contributed by atoms with Gasteiger partial charge < -0.3 is 11.1 Å². The summed E-state index contributed by atoms with van der Waals surface area (Å²) in [4.78, 5) is 0.104. The normalized spacial score (nSPS) is 21.8. The van der Waals surface area contributed by atoms with Crippen LogP contribution >= 0.6 is 12.2 Å². The Morgan fingerprint density at radius 3 is 2.78 bits per heavy atom. The van der Waals surface area contributed by atoms with Crippen molar-refractivity contribution in [2.24, 2.45) is 11.1 Å². The molecule has 1 saturated carbocycles. The molecule has 0 spiro atoms. The predicted molar refractivity (Wildman–Crippen MR) is 77.3 cm³/mol. The highest BCUT2D eigenvalue weighted by molar-refractivity contribution is 7.80. The Balaban J connectivity index is 2.20. The third-order valence-electron chi connectivity index (χ3n) is 3.59. The van der Waals surface area contributed by atoms with Gasteiger partial charge in [-0.2, -0.15) is 0 Å². The Morgan fingerprint density at radius 2 is 2.22 bits per heavy atom. The maximum atomic E-state index is 13.7. The molecular formula is C14H19FN2S. The molecule has 0 heterocycles. The molecule has 1 aliphatic carbocycles. The molecule has 1 atom stereocenters. The minimum absolute atomic E-state index is 0.104. The molecule has 2 nitrogen and oxygen atoms in total. The summed E-state index contributed by atoms with van der Waals surface area (Å²) in [5, 5.41) is 3.38. The fourth-order valence-corrected chi connectivity index (χ4v) is 2.88. The van der Waals surface area contributed by atoms with Crippen LogP contribution in [0.3, 0.4) is 0 Å². The summed E-state index contributed by atoms with van der Waals surface area (Å²) in [7, 11) is 0. The first-order valence-corrected chi connectivity index (χ1v) is 6.65. The number of anilines is 1. The van der Waals surface area contributed by atoms with E-state index in [4.69, 9.17) is 18.0 Å².